The minimum atomic E-state index is -0.940. The summed E-state index contributed by atoms with van der Waals surface area (Å²) in [6, 6.07) is 23.5. The highest BCUT2D eigenvalue weighted by Gasteiger charge is 2.31. The second kappa shape index (κ2) is 19.5. The number of rotatable bonds is 12. The van der Waals surface area contributed by atoms with Crippen LogP contribution in [-0.2, 0) is 20.7 Å². The Hall–Kier alpha value is -6.77. The third kappa shape index (κ3) is 11.8. The lowest BCUT2D eigenvalue weighted by Crippen LogP contribution is -2.48. The van der Waals surface area contributed by atoms with Crippen molar-refractivity contribution < 1.29 is 33.8 Å². The van der Waals surface area contributed by atoms with E-state index >= 15 is 0 Å². The monoisotopic (exact) mass is 856 g/mol. The van der Waals surface area contributed by atoms with Gasteiger partial charge in [0.05, 0.1) is 11.0 Å². The molecule has 15 heteroatoms. The zero-order valence-electron chi connectivity index (χ0n) is 36.2. The Balaban J connectivity index is 1.02. The van der Waals surface area contributed by atoms with Gasteiger partial charge < -0.3 is 41.0 Å². The molecule has 7 rings (SSSR count). The lowest BCUT2D eigenvalue weighted by molar-refractivity contribution is -0.130. The molecule has 330 valence electrons. The van der Waals surface area contributed by atoms with E-state index in [4.69, 9.17) is 9.72 Å². The number of ether oxygens (including phenoxy) is 1. The lowest BCUT2D eigenvalue weighted by atomic mass is 9.81. The van der Waals surface area contributed by atoms with Crippen LogP contribution in [0.3, 0.4) is 0 Å². The summed E-state index contributed by atoms with van der Waals surface area (Å²) in [4.78, 5) is 78.3. The van der Waals surface area contributed by atoms with E-state index in [0.29, 0.717) is 73.6 Å². The number of likely N-dealkylation sites (tertiary alicyclic amines) is 1. The highest BCUT2D eigenvalue weighted by molar-refractivity contribution is 5.99. The first-order chi connectivity index (χ1) is 30.2. The van der Waals surface area contributed by atoms with E-state index < -0.39 is 23.8 Å². The van der Waals surface area contributed by atoms with Gasteiger partial charge in [0.25, 0.3) is 5.91 Å². The minimum Gasteiger partial charge on any atom is -0.465 e. The van der Waals surface area contributed by atoms with Crippen LogP contribution in [0.4, 0.5) is 15.3 Å². The molecule has 5 aromatic rings. The molecular weight excluding hydrogens is 801 g/mol. The van der Waals surface area contributed by atoms with Crippen molar-refractivity contribution in [1.82, 2.24) is 35.8 Å². The predicted octanol–water partition coefficient (Wildman–Crippen LogP) is 7.47. The molecule has 0 radical (unpaired) electrons. The standard InChI is InChI=1S/C48H56N8O7/c1-29-25-34(44(58)51-35-20-23-56(24-21-35)47(61)62)16-18-37(29)32-12-8-30(9-13-32)26-41(55-43(57)33-14-10-31(11-15-33)28-50-46(60)63-48(2,3)4)45(59)52-36-17-19-38-40(27-36)54-42(53-38)39-7-5-6-22-49-39/h5-9,12-13,16-19,22,25,27,31,33,35,41H,10-11,14-15,20-21,23-24,26,28H2,1-4H3,(H,50,60)(H,51,58)(H,52,59)(H,53,54)(H,55,57)(H,61,62)/t31-,33-,41-/m0/s1. The summed E-state index contributed by atoms with van der Waals surface area (Å²) in [5.74, 6) is -0.174. The van der Waals surface area contributed by atoms with Crippen LogP contribution in [0.1, 0.15) is 80.8 Å². The predicted molar refractivity (Wildman–Crippen MR) is 240 cm³/mol. The number of carboxylic acid groups (broad SMARTS) is 1. The Bertz CT molecular complexity index is 2430. The van der Waals surface area contributed by atoms with Crippen LogP contribution < -0.4 is 21.3 Å². The van der Waals surface area contributed by atoms with E-state index in [-0.39, 0.29) is 42.0 Å². The maximum absolute atomic E-state index is 14.1. The molecule has 0 spiro atoms. The maximum Gasteiger partial charge on any atom is 0.407 e. The zero-order valence-corrected chi connectivity index (χ0v) is 36.2. The van der Waals surface area contributed by atoms with Gasteiger partial charge in [0.2, 0.25) is 11.8 Å². The summed E-state index contributed by atoms with van der Waals surface area (Å²) in [5, 5.41) is 21.2. The van der Waals surface area contributed by atoms with Crippen molar-refractivity contribution in [2.24, 2.45) is 11.8 Å². The molecule has 2 aliphatic rings. The number of imidazole rings is 1. The Kier molecular flexibility index (Phi) is 13.7. The molecule has 5 amide bonds. The first-order valence-corrected chi connectivity index (χ1v) is 21.7. The van der Waals surface area contributed by atoms with E-state index in [1.165, 1.54) is 4.90 Å². The number of aromatic nitrogens is 3. The summed E-state index contributed by atoms with van der Waals surface area (Å²) in [6.45, 7) is 8.67. The Morgan fingerprint density at radius 3 is 2.32 bits per heavy atom. The van der Waals surface area contributed by atoms with Gasteiger partial charge in [-0.2, -0.15) is 0 Å². The number of amides is 5. The quantitative estimate of drug-likeness (QED) is 0.0735. The van der Waals surface area contributed by atoms with E-state index in [1.54, 1.807) is 24.4 Å². The Labute approximate surface area is 366 Å². The van der Waals surface area contributed by atoms with Crippen LogP contribution in [0.2, 0.25) is 0 Å². The SMILES string of the molecule is Cc1cc(C(=O)NC2CCN(C(=O)O)CC2)ccc1-c1ccc(C[C@H](NC(=O)[C@H]2CC[C@H](CNC(=O)OC(C)(C)C)CC2)C(=O)Nc2ccc3[nH]c(-c4ccccn4)nc3c2)cc1. The Morgan fingerprint density at radius 1 is 0.905 bits per heavy atom. The first-order valence-electron chi connectivity index (χ1n) is 21.7. The largest absolute Gasteiger partial charge is 0.465 e. The molecule has 0 bridgehead atoms. The van der Waals surface area contributed by atoms with E-state index in [9.17, 15) is 29.1 Å². The molecule has 1 saturated heterocycles. The normalized spacial score (nSPS) is 17.4. The van der Waals surface area contributed by atoms with Crippen molar-refractivity contribution in [2.45, 2.75) is 90.3 Å². The van der Waals surface area contributed by atoms with Crippen LogP contribution in [0.5, 0.6) is 0 Å². The molecule has 15 nitrogen and oxygen atoms in total. The highest BCUT2D eigenvalue weighted by atomic mass is 16.6. The summed E-state index contributed by atoms with van der Waals surface area (Å²) in [5.41, 5.74) is 6.28. The number of alkyl carbamates (subject to hydrolysis) is 1. The number of fused-ring (bicyclic) bond motifs is 1. The number of aryl methyl sites for hydroxylation is 1. The Morgan fingerprint density at radius 2 is 1.65 bits per heavy atom. The molecule has 0 unspecified atom stereocenters. The van der Waals surface area contributed by atoms with Crippen LogP contribution in [0.15, 0.2) is 85.1 Å². The van der Waals surface area contributed by atoms with Crippen LogP contribution in [0, 0.1) is 18.8 Å². The summed E-state index contributed by atoms with van der Waals surface area (Å²) in [6.07, 6.45) is 4.48. The number of hydrogen-bond acceptors (Lipinski definition) is 8. The fourth-order valence-corrected chi connectivity index (χ4v) is 8.28. The maximum atomic E-state index is 14.1. The molecule has 1 aliphatic carbocycles. The summed E-state index contributed by atoms with van der Waals surface area (Å²) < 4.78 is 5.38. The third-order valence-corrected chi connectivity index (χ3v) is 11.7. The smallest absolute Gasteiger partial charge is 0.407 e. The topological polar surface area (TPSA) is 208 Å². The molecule has 1 atom stereocenters. The number of carbonyl (C=O) groups is 5. The van der Waals surface area contributed by atoms with Crippen molar-refractivity contribution in [2.75, 3.05) is 25.0 Å². The third-order valence-electron chi connectivity index (χ3n) is 11.7. The molecule has 63 heavy (non-hydrogen) atoms. The highest BCUT2D eigenvalue weighted by Crippen LogP contribution is 2.30. The molecule has 3 aromatic carbocycles. The number of anilines is 1. The van der Waals surface area contributed by atoms with Crippen molar-refractivity contribution in [3.63, 3.8) is 0 Å². The average Bonchev–Trinajstić information content (AvgIpc) is 3.69. The molecule has 6 N–H and O–H groups in total. The first kappa shape index (κ1) is 44.3. The van der Waals surface area contributed by atoms with Crippen molar-refractivity contribution >= 4 is 46.6 Å². The second-order valence-corrected chi connectivity index (χ2v) is 17.6. The van der Waals surface area contributed by atoms with E-state index in [1.807, 2.05) is 88.4 Å². The molecule has 2 fully saturated rings. The number of piperidine rings is 1. The van der Waals surface area contributed by atoms with Crippen LogP contribution in [0.25, 0.3) is 33.7 Å². The average molecular weight is 857 g/mol. The number of nitrogens with zero attached hydrogens (tertiary/aromatic N) is 3. The number of hydrogen-bond donors (Lipinski definition) is 6. The van der Waals surface area contributed by atoms with E-state index in [0.717, 1.165) is 40.6 Å². The van der Waals surface area contributed by atoms with Crippen LogP contribution >= 0.6 is 0 Å². The summed E-state index contributed by atoms with van der Waals surface area (Å²) in [7, 11) is 0. The molecule has 2 aromatic heterocycles. The molecule has 1 aliphatic heterocycles. The fourth-order valence-electron chi connectivity index (χ4n) is 8.28. The van der Waals surface area contributed by atoms with Crippen molar-refractivity contribution in [1.29, 1.82) is 0 Å². The molecule has 3 heterocycles. The van der Waals surface area contributed by atoms with Gasteiger partial charge in [-0.25, -0.2) is 14.6 Å². The van der Waals surface area contributed by atoms with Gasteiger partial charge in [0.15, 0.2) is 5.82 Å². The summed E-state index contributed by atoms with van der Waals surface area (Å²) >= 11 is 0. The minimum absolute atomic E-state index is 0.0862. The number of nitrogens with one attached hydrogen (secondary N) is 5. The van der Waals surface area contributed by atoms with Gasteiger partial charge in [-0.05, 0) is 137 Å². The number of carbonyl (C=O) groups excluding carboxylic acids is 4. The van der Waals surface area contributed by atoms with Gasteiger partial charge in [-0.3, -0.25) is 19.4 Å². The fraction of sp³-hybridized carbons (Fsp3) is 0.396. The van der Waals surface area contributed by atoms with Gasteiger partial charge >= 0.3 is 12.2 Å². The molecule has 1 saturated carbocycles. The van der Waals surface area contributed by atoms with E-state index in [2.05, 4.69) is 31.2 Å². The van der Waals surface area contributed by atoms with Gasteiger partial charge in [0.1, 0.15) is 17.3 Å². The molecular formula is C48H56N8O7. The van der Waals surface area contributed by atoms with Crippen molar-refractivity contribution in [3.8, 4) is 22.6 Å². The van der Waals surface area contributed by atoms with Gasteiger partial charge in [-0.1, -0.05) is 36.4 Å². The lowest BCUT2D eigenvalue weighted by Gasteiger charge is -2.30. The number of aromatic amines is 1. The zero-order chi connectivity index (χ0) is 44.7. The van der Waals surface area contributed by atoms with Gasteiger partial charge in [-0.15, -0.1) is 0 Å². The number of H-pyrrole nitrogens is 1. The number of benzene rings is 3. The van der Waals surface area contributed by atoms with Crippen molar-refractivity contribution in [3.05, 3.63) is 102 Å². The van der Waals surface area contributed by atoms with Gasteiger partial charge in [0, 0.05) is 55.5 Å². The second-order valence-electron chi connectivity index (χ2n) is 17.6. The number of pyridine rings is 1. The van der Waals surface area contributed by atoms with Crippen LogP contribution in [-0.4, -0.2) is 92.2 Å².